The Bertz CT molecular complexity index is 171. The van der Waals surface area contributed by atoms with Gasteiger partial charge in [0.15, 0.2) is 0 Å². The van der Waals surface area contributed by atoms with E-state index in [1.54, 1.807) is 24.7 Å². The molecular formula is C6H8FN. The molecule has 44 valence electrons. The predicted octanol–water partition coefficient (Wildman–Crippen LogP) is 1.47. The molecule has 1 rings (SSSR count). The number of hydrogen-bond acceptors (Lipinski definition) is 0. The van der Waals surface area contributed by atoms with Crippen LogP contribution >= 0.6 is 0 Å². The number of nitrogens with zero attached hydrogens (tertiary/aromatic N) is 1. The summed E-state index contributed by atoms with van der Waals surface area (Å²) in [6, 6.07) is 0. The Hall–Kier alpha value is -0.790. The van der Waals surface area contributed by atoms with Crippen molar-refractivity contribution in [2.75, 3.05) is 0 Å². The summed E-state index contributed by atoms with van der Waals surface area (Å²) in [6.07, 6.45) is 3.20. The first kappa shape index (κ1) is 5.35. The van der Waals surface area contributed by atoms with E-state index < -0.39 is 0 Å². The first-order chi connectivity index (χ1) is 3.70. The zero-order valence-corrected chi connectivity index (χ0v) is 4.98. The third-order valence-corrected chi connectivity index (χ3v) is 1.09. The van der Waals surface area contributed by atoms with Crippen LogP contribution in [0.1, 0.15) is 5.56 Å². The van der Waals surface area contributed by atoms with Crippen LogP contribution < -0.4 is 0 Å². The lowest BCUT2D eigenvalue weighted by Crippen LogP contribution is -1.77. The highest BCUT2D eigenvalue weighted by Crippen LogP contribution is 2.03. The molecule has 0 atom stereocenters. The summed E-state index contributed by atoms with van der Waals surface area (Å²) >= 11 is 0. The van der Waals surface area contributed by atoms with Crippen molar-refractivity contribution in [2.45, 2.75) is 6.92 Å². The molecule has 0 aliphatic rings. The summed E-state index contributed by atoms with van der Waals surface area (Å²) in [6.45, 7) is 1.75. The summed E-state index contributed by atoms with van der Waals surface area (Å²) in [5, 5.41) is 0. The zero-order valence-electron chi connectivity index (χ0n) is 4.98. The topological polar surface area (TPSA) is 4.93 Å². The fourth-order valence-corrected chi connectivity index (χ4v) is 0.685. The van der Waals surface area contributed by atoms with Crippen LogP contribution in [-0.4, -0.2) is 4.57 Å². The predicted molar refractivity (Wildman–Crippen MR) is 30.1 cm³/mol. The molecule has 0 fully saturated rings. The molecule has 0 bridgehead atoms. The van der Waals surface area contributed by atoms with Crippen LogP contribution in [0.15, 0.2) is 12.4 Å². The van der Waals surface area contributed by atoms with Crippen LogP contribution in [0.25, 0.3) is 0 Å². The normalized spacial score (nSPS) is 9.88. The van der Waals surface area contributed by atoms with Gasteiger partial charge >= 0.3 is 0 Å². The first-order valence-corrected chi connectivity index (χ1v) is 2.48. The van der Waals surface area contributed by atoms with Gasteiger partial charge in [-0.3, -0.25) is 0 Å². The van der Waals surface area contributed by atoms with Crippen LogP contribution in [0, 0.1) is 12.7 Å². The van der Waals surface area contributed by atoms with Crippen molar-refractivity contribution in [1.82, 2.24) is 4.57 Å². The minimum absolute atomic E-state index is 0.132. The van der Waals surface area contributed by atoms with E-state index in [-0.39, 0.29) is 5.82 Å². The summed E-state index contributed by atoms with van der Waals surface area (Å²) in [4.78, 5) is 0. The van der Waals surface area contributed by atoms with Gasteiger partial charge < -0.3 is 4.57 Å². The molecule has 0 unspecified atom stereocenters. The Balaban J connectivity index is 3.14. The Morgan fingerprint density at radius 2 is 2.12 bits per heavy atom. The highest BCUT2D eigenvalue weighted by atomic mass is 19.1. The lowest BCUT2D eigenvalue weighted by molar-refractivity contribution is 0.617. The molecule has 1 nitrogen and oxygen atoms in total. The number of rotatable bonds is 0. The molecule has 2 heteroatoms. The third-order valence-electron chi connectivity index (χ3n) is 1.09. The Kier molecular flexibility index (Phi) is 1.08. The van der Waals surface area contributed by atoms with Crippen molar-refractivity contribution in [2.24, 2.45) is 7.05 Å². The summed E-state index contributed by atoms with van der Waals surface area (Å²) in [7, 11) is 1.80. The lowest BCUT2D eigenvalue weighted by Gasteiger charge is -1.80. The smallest absolute Gasteiger partial charge is 0.143 e. The molecule has 0 saturated heterocycles. The molecule has 0 amide bonds. The van der Waals surface area contributed by atoms with E-state index in [0.29, 0.717) is 5.56 Å². The van der Waals surface area contributed by atoms with Crippen LogP contribution in [0.3, 0.4) is 0 Å². The molecule has 1 aromatic rings. The van der Waals surface area contributed by atoms with Gasteiger partial charge in [0.05, 0.1) is 0 Å². The quantitative estimate of drug-likeness (QED) is 0.480. The van der Waals surface area contributed by atoms with E-state index in [9.17, 15) is 4.39 Å². The van der Waals surface area contributed by atoms with E-state index in [1.165, 1.54) is 6.20 Å². The second-order valence-corrected chi connectivity index (χ2v) is 1.95. The van der Waals surface area contributed by atoms with Crippen molar-refractivity contribution in [1.29, 1.82) is 0 Å². The molecule has 0 spiro atoms. The maximum absolute atomic E-state index is 12.3. The molecule has 0 aliphatic heterocycles. The fraction of sp³-hybridized carbons (Fsp3) is 0.333. The summed E-state index contributed by atoms with van der Waals surface area (Å²) in [5.74, 6) is -0.132. The van der Waals surface area contributed by atoms with Gasteiger partial charge in [-0.1, -0.05) is 0 Å². The van der Waals surface area contributed by atoms with Crippen molar-refractivity contribution >= 4 is 0 Å². The highest BCUT2D eigenvalue weighted by Gasteiger charge is 1.95. The monoisotopic (exact) mass is 113 g/mol. The van der Waals surface area contributed by atoms with Gasteiger partial charge in [-0.2, -0.15) is 0 Å². The van der Waals surface area contributed by atoms with Gasteiger partial charge in [-0.15, -0.1) is 0 Å². The van der Waals surface area contributed by atoms with Gasteiger partial charge in [0, 0.05) is 25.0 Å². The maximum atomic E-state index is 12.3. The van der Waals surface area contributed by atoms with Crippen LogP contribution in [0.4, 0.5) is 4.39 Å². The van der Waals surface area contributed by atoms with Gasteiger partial charge in [-0.05, 0) is 6.92 Å². The molecule has 0 saturated carbocycles. The Labute approximate surface area is 47.7 Å². The second-order valence-electron chi connectivity index (χ2n) is 1.95. The molecule has 1 aromatic heterocycles. The van der Waals surface area contributed by atoms with Gasteiger partial charge in [0.25, 0.3) is 0 Å². The fourth-order valence-electron chi connectivity index (χ4n) is 0.685. The standard InChI is InChI=1S/C6H8FN/c1-5-3-8(2)4-6(5)7/h3-4H,1-2H3. The molecular weight excluding hydrogens is 105 g/mol. The molecule has 0 radical (unpaired) electrons. The second kappa shape index (κ2) is 1.62. The third kappa shape index (κ3) is 0.735. The minimum Gasteiger partial charge on any atom is -0.354 e. The van der Waals surface area contributed by atoms with Crippen LogP contribution in [0.2, 0.25) is 0 Å². The Morgan fingerprint density at radius 3 is 2.25 bits per heavy atom. The number of hydrogen-bond donors (Lipinski definition) is 0. The molecule has 0 N–H and O–H groups in total. The van der Waals surface area contributed by atoms with Crippen molar-refractivity contribution < 1.29 is 4.39 Å². The van der Waals surface area contributed by atoms with E-state index in [0.717, 1.165) is 0 Å². The zero-order chi connectivity index (χ0) is 6.15. The lowest BCUT2D eigenvalue weighted by atomic mass is 10.4. The van der Waals surface area contributed by atoms with Crippen LogP contribution in [-0.2, 0) is 7.05 Å². The van der Waals surface area contributed by atoms with Gasteiger partial charge in [0.1, 0.15) is 5.82 Å². The largest absolute Gasteiger partial charge is 0.354 e. The van der Waals surface area contributed by atoms with E-state index in [2.05, 4.69) is 0 Å². The highest BCUT2D eigenvalue weighted by molar-refractivity contribution is 5.09. The maximum Gasteiger partial charge on any atom is 0.143 e. The van der Waals surface area contributed by atoms with E-state index in [4.69, 9.17) is 0 Å². The average Bonchev–Trinajstić information content (AvgIpc) is 1.85. The van der Waals surface area contributed by atoms with Gasteiger partial charge in [-0.25, -0.2) is 4.39 Å². The van der Waals surface area contributed by atoms with E-state index >= 15 is 0 Å². The number of halogens is 1. The van der Waals surface area contributed by atoms with Crippen molar-refractivity contribution in [3.63, 3.8) is 0 Å². The Morgan fingerprint density at radius 1 is 1.50 bits per heavy atom. The SMILES string of the molecule is Cc1cn(C)cc1F. The number of aromatic nitrogens is 1. The first-order valence-electron chi connectivity index (χ1n) is 2.48. The molecule has 8 heavy (non-hydrogen) atoms. The molecule has 0 aliphatic carbocycles. The minimum atomic E-state index is -0.132. The number of aryl methyl sites for hydroxylation is 2. The van der Waals surface area contributed by atoms with Crippen LogP contribution in [0.5, 0.6) is 0 Å². The molecule has 1 heterocycles. The van der Waals surface area contributed by atoms with Crippen molar-refractivity contribution in [3.05, 3.63) is 23.8 Å². The van der Waals surface area contributed by atoms with Gasteiger partial charge in [0.2, 0.25) is 0 Å². The summed E-state index contributed by atoms with van der Waals surface area (Å²) in [5.41, 5.74) is 0.701. The van der Waals surface area contributed by atoms with Crippen molar-refractivity contribution in [3.8, 4) is 0 Å². The summed E-state index contributed by atoms with van der Waals surface area (Å²) < 4.78 is 14.0. The average molecular weight is 113 g/mol. The molecule has 0 aromatic carbocycles. The van der Waals surface area contributed by atoms with E-state index in [1.807, 2.05) is 0 Å².